The van der Waals surface area contributed by atoms with Gasteiger partial charge in [-0.25, -0.2) is 4.98 Å². The summed E-state index contributed by atoms with van der Waals surface area (Å²) >= 11 is 0. The number of amides is 1. The van der Waals surface area contributed by atoms with E-state index in [1.54, 1.807) is 18.6 Å². The Morgan fingerprint density at radius 3 is 2.52 bits per heavy atom. The third-order valence-corrected chi connectivity index (χ3v) is 4.72. The normalized spacial score (nSPS) is 15.2. The molecule has 0 bridgehead atoms. The zero-order valence-corrected chi connectivity index (χ0v) is 14.8. The zero-order chi connectivity index (χ0) is 18.0. The Labute approximate surface area is 146 Å². The van der Waals surface area contributed by atoms with Gasteiger partial charge < -0.3 is 15.2 Å². The molecule has 1 saturated heterocycles. The third kappa shape index (κ3) is 3.55. The number of H-pyrrole nitrogens is 1. The van der Waals surface area contributed by atoms with Gasteiger partial charge in [0.25, 0.3) is 5.91 Å². The molecule has 0 spiro atoms. The molecule has 1 aliphatic heterocycles. The minimum atomic E-state index is -0.114. The Balaban J connectivity index is 1.63. The van der Waals surface area contributed by atoms with Crippen molar-refractivity contribution in [2.75, 3.05) is 18.0 Å². The van der Waals surface area contributed by atoms with E-state index in [1.807, 2.05) is 13.8 Å². The number of carbonyl (C=O) groups is 2. The maximum absolute atomic E-state index is 12.7. The highest BCUT2D eigenvalue weighted by molar-refractivity contribution is 6.02. The molecule has 1 amide bonds. The monoisotopic (exact) mass is 341 g/mol. The van der Waals surface area contributed by atoms with Gasteiger partial charge in [0.1, 0.15) is 5.82 Å². The number of rotatable bonds is 4. The maximum atomic E-state index is 12.7. The topological polar surface area (TPSA) is 91.0 Å². The van der Waals surface area contributed by atoms with Crippen LogP contribution in [0.2, 0.25) is 0 Å². The van der Waals surface area contributed by atoms with Gasteiger partial charge in [-0.1, -0.05) is 0 Å². The highest BCUT2D eigenvalue weighted by Crippen LogP contribution is 2.20. The van der Waals surface area contributed by atoms with Crippen molar-refractivity contribution in [3.05, 3.63) is 41.1 Å². The van der Waals surface area contributed by atoms with Gasteiger partial charge in [0, 0.05) is 44.1 Å². The number of aryl methyl sites for hydroxylation is 1. The lowest BCUT2D eigenvalue weighted by Gasteiger charge is -2.32. The van der Waals surface area contributed by atoms with Crippen LogP contribution < -0.4 is 10.2 Å². The van der Waals surface area contributed by atoms with Crippen molar-refractivity contribution in [1.29, 1.82) is 0 Å². The summed E-state index contributed by atoms with van der Waals surface area (Å²) < 4.78 is 0. The second-order valence-corrected chi connectivity index (χ2v) is 6.48. The number of aromatic nitrogens is 3. The molecule has 0 atom stereocenters. The van der Waals surface area contributed by atoms with Gasteiger partial charge in [-0.2, -0.15) is 0 Å². The predicted molar refractivity (Wildman–Crippen MR) is 95.0 cm³/mol. The van der Waals surface area contributed by atoms with E-state index in [1.165, 1.54) is 6.92 Å². The van der Waals surface area contributed by atoms with Crippen molar-refractivity contribution in [3.8, 4) is 0 Å². The standard InChI is InChI=1S/C18H23N5O2/c1-11-16(12(2)21-17(11)13(3)24)18(25)22-14-4-8-23(9-5-14)15-10-19-6-7-20-15/h6-7,10,14,21H,4-5,8-9H2,1-3H3,(H,22,25). The van der Waals surface area contributed by atoms with Gasteiger partial charge in [0.15, 0.2) is 5.78 Å². The van der Waals surface area contributed by atoms with E-state index in [-0.39, 0.29) is 17.7 Å². The molecule has 3 heterocycles. The van der Waals surface area contributed by atoms with E-state index in [4.69, 9.17) is 0 Å². The van der Waals surface area contributed by atoms with Crippen LogP contribution in [0.4, 0.5) is 5.82 Å². The Morgan fingerprint density at radius 1 is 1.24 bits per heavy atom. The van der Waals surface area contributed by atoms with Crippen LogP contribution in [0, 0.1) is 13.8 Å². The van der Waals surface area contributed by atoms with Gasteiger partial charge in [-0.3, -0.25) is 14.6 Å². The Morgan fingerprint density at radius 2 is 1.96 bits per heavy atom. The largest absolute Gasteiger partial charge is 0.355 e. The van der Waals surface area contributed by atoms with Crippen molar-refractivity contribution < 1.29 is 9.59 Å². The molecule has 2 aromatic heterocycles. The fraction of sp³-hybridized carbons (Fsp3) is 0.444. The Kier molecular flexibility index (Phi) is 4.83. The summed E-state index contributed by atoms with van der Waals surface area (Å²) in [6.45, 7) is 6.79. The first-order valence-electron chi connectivity index (χ1n) is 8.49. The number of ketones is 1. The van der Waals surface area contributed by atoms with E-state index < -0.39 is 0 Å². The number of carbonyl (C=O) groups excluding carboxylic acids is 2. The lowest BCUT2D eigenvalue weighted by atomic mass is 10.0. The quantitative estimate of drug-likeness (QED) is 0.830. The summed E-state index contributed by atoms with van der Waals surface area (Å²) in [5.41, 5.74) is 2.55. The molecule has 2 aromatic rings. The number of hydrogen-bond acceptors (Lipinski definition) is 5. The highest BCUT2D eigenvalue weighted by Gasteiger charge is 2.25. The second kappa shape index (κ2) is 7.04. The minimum absolute atomic E-state index is 0.0584. The van der Waals surface area contributed by atoms with Crippen LogP contribution in [0.15, 0.2) is 18.6 Å². The fourth-order valence-corrected chi connectivity index (χ4v) is 3.41. The molecule has 25 heavy (non-hydrogen) atoms. The van der Waals surface area contributed by atoms with Gasteiger partial charge >= 0.3 is 0 Å². The third-order valence-electron chi connectivity index (χ3n) is 4.72. The highest BCUT2D eigenvalue weighted by atomic mass is 16.2. The van der Waals surface area contributed by atoms with Crippen LogP contribution >= 0.6 is 0 Å². The number of aromatic amines is 1. The molecule has 0 aliphatic carbocycles. The van der Waals surface area contributed by atoms with E-state index in [0.717, 1.165) is 43.0 Å². The van der Waals surface area contributed by atoms with E-state index in [2.05, 4.69) is 25.2 Å². The molecule has 132 valence electrons. The Hall–Kier alpha value is -2.70. The fourth-order valence-electron chi connectivity index (χ4n) is 3.41. The molecule has 0 aromatic carbocycles. The Bertz CT molecular complexity index is 776. The van der Waals surface area contributed by atoms with Crippen molar-refractivity contribution in [2.45, 2.75) is 39.7 Å². The van der Waals surface area contributed by atoms with Crippen LogP contribution in [0.25, 0.3) is 0 Å². The molecule has 7 heteroatoms. The molecule has 0 radical (unpaired) electrons. The first-order valence-corrected chi connectivity index (χ1v) is 8.49. The van der Waals surface area contributed by atoms with Crippen LogP contribution in [0.3, 0.4) is 0 Å². The minimum Gasteiger partial charge on any atom is -0.355 e. The number of Topliss-reactive ketones (excluding diaryl/α,β-unsaturated/α-hetero) is 1. The second-order valence-electron chi connectivity index (χ2n) is 6.48. The van der Waals surface area contributed by atoms with Gasteiger partial charge in [-0.05, 0) is 32.3 Å². The lowest BCUT2D eigenvalue weighted by molar-refractivity contribution is 0.0930. The number of nitrogens with one attached hydrogen (secondary N) is 2. The average molecular weight is 341 g/mol. The van der Waals surface area contributed by atoms with Crippen LogP contribution in [0.5, 0.6) is 0 Å². The van der Waals surface area contributed by atoms with Crippen molar-refractivity contribution in [2.24, 2.45) is 0 Å². The molecule has 1 fully saturated rings. The summed E-state index contributed by atoms with van der Waals surface area (Å²) in [5, 5.41) is 3.11. The van der Waals surface area contributed by atoms with Crippen molar-refractivity contribution >= 4 is 17.5 Å². The summed E-state index contributed by atoms with van der Waals surface area (Å²) in [4.78, 5) is 37.9. The summed E-state index contributed by atoms with van der Waals surface area (Å²) in [5.74, 6) is 0.698. The van der Waals surface area contributed by atoms with Crippen molar-refractivity contribution in [1.82, 2.24) is 20.3 Å². The van der Waals surface area contributed by atoms with Gasteiger partial charge in [0.2, 0.25) is 0 Å². The maximum Gasteiger partial charge on any atom is 0.253 e. The van der Waals surface area contributed by atoms with Gasteiger partial charge in [0.05, 0.1) is 17.5 Å². The molecular formula is C18H23N5O2. The molecule has 7 nitrogen and oxygen atoms in total. The molecule has 0 unspecified atom stereocenters. The molecule has 3 rings (SSSR count). The zero-order valence-electron chi connectivity index (χ0n) is 14.8. The molecule has 2 N–H and O–H groups in total. The average Bonchev–Trinajstić information content (AvgIpc) is 2.91. The summed E-state index contributed by atoms with van der Waals surface area (Å²) in [6.07, 6.45) is 6.81. The number of piperidine rings is 1. The van der Waals surface area contributed by atoms with E-state index >= 15 is 0 Å². The molecule has 0 saturated carbocycles. The van der Waals surface area contributed by atoms with Crippen LogP contribution in [-0.2, 0) is 0 Å². The number of nitrogens with zero attached hydrogens (tertiary/aromatic N) is 3. The lowest BCUT2D eigenvalue weighted by Crippen LogP contribution is -2.45. The van der Waals surface area contributed by atoms with Crippen molar-refractivity contribution in [3.63, 3.8) is 0 Å². The number of hydrogen-bond donors (Lipinski definition) is 2. The van der Waals surface area contributed by atoms with Crippen LogP contribution in [-0.4, -0.2) is 45.8 Å². The molecule has 1 aliphatic rings. The van der Waals surface area contributed by atoms with Crippen LogP contribution in [0.1, 0.15) is 51.9 Å². The summed E-state index contributed by atoms with van der Waals surface area (Å²) in [6, 6.07) is 0.120. The van der Waals surface area contributed by atoms with E-state index in [0.29, 0.717) is 11.3 Å². The molecular weight excluding hydrogens is 318 g/mol. The van der Waals surface area contributed by atoms with Gasteiger partial charge in [-0.15, -0.1) is 0 Å². The smallest absolute Gasteiger partial charge is 0.253 e. The first-order chi connectivity index (χ1) is 12.0. The summed E-state index contributed by atoms with van der Waals surface area (Å²) in [7, 11) is 0. The number of anilines is 1. The van der Waals surface area contributed by atoms with E-state index in [9.17, 15) is 9.59 Å². The SMILES string of the molecule is CC(=O)c1[nH]c(C)c(C(=O)NC2CCN(c3cnccn3)CC2)c1C. The first kappa shape index (κ1) is 17.1. The predicted octanol–water partition coefficient (Wildman–Crippen LogP) is 2.02.